The Morgan fingerprint density at radius 1 is 0.818 bits per heavy atom. The second-order valence-electron chi connectivity index (χ2n) is 4.62. The maximum absolute atomic E-state index is 12.4. The standard InChI is InChI=1S/C18H14O2.CH4O/c1-20-17-10-8-14(9-11-17)18(19)16-7-6-13-4-2-3-5-15(13)12-16;1-2/h2-12H,1H3;2H,1H3. The predicted octanol–water partition coefficient (Wildman–Crippen LogP) is 3.69. The van der Waals surface area contributed by atoms with Crippen LogP contribution in [0.1, 0.15) is 15.9 Å². The molecule has 22 heavy (non-hydrogen) atoms. The molecule has 3 nitrogen and oxygen atoms in total. The van der Waals surface area contributed by atoms with E-state index in [1.54, 1.807) is 31.4 Å². The molecule has 3 aromatic carbocycles. The number of benzene rings is 3. The molecule has 0 bridgehead atoms. The van der Waals surface area contributed by atoms with Crippen molar-refractivity contribution in [3.63, 3.8) is 0 Å². The van der Waals surface area contributed by atoms with Crippen LogP contribution in [0.25, 0.3) is 10.8 Å². The molecule has 3 aromatic rings. The summed E-state index contributed by atoms with van der Waals surface area (Å²) >= 11 is 0. The van der Waals surface area contributed by atoms with Crippen molar-refractivity contribution in [3.8, 4) is 5.75 Å². The molecule has 0 aliphatic heterocycles. The number of carbonyl (C=O) groups is 1. The van der Waals surface area contributed by atoms with Gasteiger partial charge in [0.1, 0.15) is 5.75 Å². The zero-order valence-electron chi connectivity index (χ0n) is 12.6. The Hall–Kier alpha value is -2.65. The lowest BCUT2D eigenvalue weighted by Gasteiger charge is -2.05. The summed E-state index contributed by atoms with van der Waals surface area (Å²) in [5.74, 6) is 0.776. The van der Waals surface area contributed by atoms with Crippen molar-refractivity contribution in [1.29, 1.82) is 0 Å². The van der Waals surface area contributed by atoms with Crippen LogP contribution >= 0.6 is 0 Å². The van der Waals surface area contributed by atoms with Gasteiger partial charge in [0.15, 0.2) is 5.78 Å². The third-order valence-corrected chi connectivity index (χ3v) is 3.36. The van der Waals surface area contributed by atoms with E-state index in [1.165, 1.54) is 0 Å². The van der Waals surface area contributed by atoms with Gasteiger partial charge in [0, 0.05) is 18.2 Å². The summed E-state index contributed by atoms with van der Waals surface area (Å²) in [6, 6.07) is 21.0. The summed E-state index contributed by atoms with van der Waals surface area (Å²) in [4.78, 5) is 12.4. The second kappa shape index (κ2) is 7.38. The molecule has 0 atom stereocenters. The number of aliphatic hydroxyl groups excluding tert-OH is 1. The summed E-state index contributed by atoms with van der Waals surface area (Å²) < 4.78 is 5.10. The molecule has 0 radical (unpaired) electrons. The smallest absolute Gasteiger partial charge is 0.193 e. The van der Waals surface area contributed by atoms with Gasteiger partial charge >= 0.3 is 0 Å². The lowest BCUT2D eigenvalue weighted by molar-refractivity contribution is 0.103. The predicted molar refractivity (Wildman–Crippen MR) is 88.5 cm³/mol. The van der Waals surface area contributed by atoms with Gasteiger partial charge < -0.3 is 9.84 Å². The highest BCUT2D eigenvalue weighted by Crippen LogP contribution is 2.19. The van der Waals surface area contributed by atoms with Crippen molar-refractivity contribution in [2.75, 3.05) is 14.2 Å². The minimum atomic E-state index is 0.0263. The third kappa shape index (κ3) is 3.32. The minimum Gasteiger partial charge on any atom is -0.497 e. The van der Waals surface area contributed by atoms with Crippen molar-refractivity contribution in [2.24, 2.45) is 0 Å². The SMILES string of the molecule is CO.COc1ccc(C(=O)c2ccc3ccccc3c2)cc1. The first kappa shape index (κ1) is 15.7. The fourth-order valence-electron chi connectivity index (χ4n) is 2.24. The average Bonchev–Trinajstić information content (AvgIpc) is 2.62. The third-order valence-electron chi connectivity index (χ3n) is 3.36. The van der Waals surface area contributed by atoms with Gasteiger partial charge in [-0.15, -0.1) is 0 Å². The fourth-order valence-corrected chi connectivity index (χ4v) is 2.24. The first-order valence-electron chi connectivity index (χ1n) is 6.90. The summed E-state index contributed by atoms with van der Waals surface area (Å²) in [5.41, 5.74) is 1.37. The van der Waals surface area contributed by atoms with Crippen LogP contribution in [0.2, 0.25) is 0 Å². The Kier molecular flexibility index (Phi) is 5.28. The van der Waals surface area contributed by atoms with Gasteiger partial charge in [-0.3, -0.25) is 4.79 Å². The van der Waals surface area contributed by atoms with Crippen molar-refractivity contribution in [2.45, 2.75) is 0 Å². The number of rotatable bonds is 3. The molecular weight excluding hydrogens is 276 g/mol. The van der Waals surface area contributed by atoms with E-state index in [0.717, 1.165) is 23.6 Å². The number of carbonyl (C=O) groups excluding carboxylic acids is 1. The number of hydrogen-bond acceptors (Lipinski definition) is 3. The topological polar surface area (TPSA) is 46.5 Å². The first-order valence-corrected chi connectivity index (χ1v) is 6.90. The largest absolute Gasteiger partial charge is 0.497 e. The lowest BCUT2D eigenvalue weighted by atomic mass is 10.00. The van der Waals surface area contributed by atoms with Gasteiger partial charge in [-0.05, 0) is 41.1 Å². The van der Waals surface area contributed by atoms with E-state index < -0.39 is 0 Å². The molecule has 3 rings (SSSR count). The molecule has 112 valence electrons. The van der Waals surface area contributed by atoms with Crippen LogP contribution < -0.4 is 4.74 Å². The molecule has 0 heterocycles. The lowest BCUT2D eigenvalue weighted by Crippen LogP contribution is -2.01. The number of hydrogen-bond donors (Lipinski definition) is 1. The molecule has 0 fully saturated rings. The first-order chi connectivity index (χ1) is 10.8. The molecule has 0 saturated carbocycles. The highest BCUT2D eigenvalue weighted by Gasteiger charge is 2.09. The monoisotopic (exact) mass is 294 g/mol. The van der Waals surface area contributed by atoms with Crippen LogP contribution in [0.5, 0.6) is 5.75 Å². The quantitative estimate of drug-likeness (QED) is 0.749. The van der Waals surface area contributed by atoms with Gasteiger partial charge in [0.2, 0.25) is 0 Å². The number of fused-ring (bicyclic) bond motifs is 1. The summed E-state index contributed by atoms with van der Waals surface area (Å²) in [6.07, 6.45) is 0. The van der Waals surface area contributed by atoms with Gasteiger partial charge in [0.25, 0.3) is 0 Å². The average molecular weight is 294 g/mol. The Bertz CT molecular complexity index is 761. The van der Waals surface area contributed by atoms with Gasteiger partial charge in [-0.25, -0.2) is 0 Å². The van der Waals surface area contributed by atoms with Crippen LogP contribution in [0, 0.1) is 0 Å². The van der Waals surface area contributed by atoms with Crippen molar-refractivity contribution in [1.82, 2.24) is 0 Å². The molecular formula is C19H18O3. The number of ether oxygens (including phenoxy) is 1. The van der Waals surface area contributed by atoms with E-state index >= 15 is 0 Å². The van der Waals surface area contributed by atoms with Crippen LogP contribution in [-0.2, 0) is 0 Å². The van der Waals surface area contributed by atoms with E-state index in [1.807, 2.05) is 42.5 Å². The van der Waals surface area contributed by atoms with Crippen molar-refractivity contribution in [3.05, 3.63) is 77.9 Å². The zero-order valence-corrected chi connectivity index (χ0v) is 12.6. The second-order valence-corrected chi connectivity index (χ2v) is 4.62. The molecule has 0 saturated heterocycles. The summed E-state index contributed by atoms with van der Waals surface area (Å²) in [6.45, 7) is 0. The molecule has 0 spiro atoms. The normalized spacial score (nSPS) is 9.77. The number of methoxy groups -OCH3 is 1. The Labute approximate surface area is 129 Å². The highest BCUT2D eigenvalue weighted by molar-refractivity contribution is 6.10. The van der Waals surface area contributed by atoms with Crippen LogP contribution in [0.3, 0.4) is 0 Å². The maximum Gasteiger partial charge on any atom is 0.193 e. The van der Waals surface area contributed by atoms with E-state index in [2.05, 4.69) is 0 Å². The minimum absolute atomic E-state index is 0.0263. The zero-order chi connectivity index (χ0) is 15.9. The fraction of sp³-hybridized carbons (Fsp3) is 0.105. The van der Waals surface area contributed by atoms with Crippen molar-refractivity contribution < 1.29 is 14.6 Å². The Balaban J connectivity index is 0.000000847. The molecule has 1 N–H and O–H groups in total. The van der Waals surface area contributed by atoms with E-state index in [-0.39, 0.29) is 5.78 Å². The highest BCUT2D eigenvalue weighted by atomic mass is 16.5. The number of ketones is 1. The van der Waals surface area contributed by atoms with Gasteiger partial charge in [-0.1, -0.05) is 36.4 Å². The van der Waals surface area contributed by atoms with Crippen LogP contribution in [-0.4, -0.2) is 25.1 Å². The summed E-state index contributed by atoms with van der Waals surface area (Å²) in [7, 11) is 2.61. The molecule has 0 aromatic heterocycles. The number of aliphatic hydroxyl groups is 1. The molecule has 0 aliphatic rings. The molecule has 3 heteroatoms. The molecule has 0 amide bonds. The molecule has 0 unspecified atom stereocenters. The van der Waals surface area contributed by atoms with Gasteiger partial charge in [-0.2, -0.15) is 0 Å². The molecule has 0 aliphatic carbocycles. The van der Waals surface area contributed by atoms with E-state index in [9.17, 15) is 4.79 Å². The van der Waals surface area contributed by atoms with Crippen LogP contribution in [0.15, 0.2) is 66.7 Å². The Morgan fingerprint density at radius 3 is 2.05 bits per heavy atom. The van der Waals surface area contributed by atoms with Gasteiger partial charge in [0.05, 0.1) is 7.11 Å². The van der Waals surface area contributed by atoms with E-state index in [0.29, 0.717) is 11.1 Å². The van der Waals surface area contributed by atoms with Crippen molar-refractivity contribution >= 4 is 16.6 Å². The summed E-state index contributed by atoms with van der Waals surface area (Å²) in [5, 5.41) is 9.21. The van der Waals surface area contributed by atoms with Crippen LogP contribution in [0.4, 0.5) is 0 Å². The van der Waals surface area contributed by atoms with E-state index in [4.69, 9.17) is 9.84 Å². The Morgan fingerprint density at radius 2 is 1.41 bits per heavy atom. The maximum atomic E-state index is 12.4.